The molecular weight excluding hydrogens is 384 g/mol. The van der Waals surface area contributed by atoms with Gasteiger partial charge in [0.25, 0.3) is 0 Å². The highest BCUT2D eigenvalue weighted by molar-refractivity contribution is 7.13. The van der Waals surface area contributed by atoms with Crippen molar-refractivity contribution in [2.45, 2.75) is 25.8 Å². The first-order chi connectivity index (χ1) is 14.1. The molecule has 1 saturated heterocycles. The molecule has 0 spiro atoms. The molecule has 1 aromatic carbocycles. The molecule has 2 N–H and O–H groups in total. The number of thiophene rings is 1. The van der Waals surface area contributed by atoms with E-state index >= 15 is 0 Å². The van der Waals surface area contributed by atoms with Gasteiger partial charge in [0.2, 0.25) is 11.8 Å². The van der Waals surface area contributed by atoms with E-state index in [0.717, 1.165) is 21.8 Å². The first kappa shape index (κ1) is 19.4. The van der Waals surface area contributed by atoms with E-state index in [1.165, 1.54) is 0 Å². The van der Waals surface area contributed by atoms with Gasteiger partial charge in [-0.05, 0) is 23.9 Å². The number of likely N-dealkylation sites (tertiary alicyclic amines) is 1. The summed E-state index contributed by atoms with van der Waals surface area (Å²) in [7, 11) is 0. The molecular formula is C22H24N4O2S. The topological polar surface area (TPSA) is 78.1 Å². The fraction of sp³-hybridized carbons (Fsp3) is 0.318. The lowest BCUT2D eigenvalue weighted by atomic mass is 10.1. The van der Waals surface area contributed by atoms with Gasteiger partial charge in [-0.3, -0.25) is 9.59 Å². The van der Waals surface area contributed by atoms with Crippen LogP contribution in [-0.4, -0.2) is 39.8 Å². The molecule has 0 aliphatic carbocycles. The third kappa shape index (κ3) is 4.24. The number of aromatic amines is 1. The fourth-order valence-corrected chi connectivity index (χ4v) is 4.53. The Morgan fingerprint density at radius 1 is 1.31 bits per heavy atom. The van der Waals surface area contributed by atoms with Crippen LogP contribution in [0.1, 0.15) is 30.6 Å². The Kier molecular flexibility index (Phi) is 5.76. The second-order valence-corrected chi connectivity index (χ2v) is 8.23. The summed E-state index contributed by atoms with van der Waals surface area (Å²) >= 11 is 1.64. The number of amides is 2. The molecule has 6 nitrogen and oxygen atoms in total. The number of rotatable bonds is 7. The number of aromatic nitrogens is 2. The molecule has 150 valence electrons. The van der Waals surface area contributed by atoms with Crippen molar-refractivity contribution in [2.75, 3.05) is 13.1 Å². The third-order valence-electron chi connectivity index (χ3n) is 5.43. The number of carbonyl (C=O) groups excluding carboxylic acids is 2. The van der Waals surface area contributed by atoms with Gasteiger partial charge in [0.1, 0.15) is 5.69 Å². The van der Waals surface area contributed by atoms with Crippen LogP contribution in [0.25, 0.3) is 10.6 Å². The van der Waals surface area contributed by atoms with E-state index in [0.29, 0.717) is 19.5 Å². The fourth-order valence-electron chi connectivity index (χ4n) is 3.79. The van der Waals surface area contributed by atoms with E-state index < -0.39 is 0 Å². The maximum Gasteiger partial charge on any atom is 0.225 e. The molecule has 0 radical (unpaired) electrons. The van der Waals surface area contributed by atoms with E-state index in [9.17, 15) is 9.59 Å². The average Bonchev–Trinajstić information content (AvgIpc) is 3.48. The molecule has 29 heavy (non-hydrogen) atoms. The zero-order valence-electron chi connectivity index (χ0n) is 16.3. The molecule has 3 heterocycles. The van der Waals surface area contributed by atoms with Crippen molar-refractivity contribution < 1.29 is 9.59 Å². The van der Waals surface area contributed by atoms with Crippen LogP contribution >= 0.6 is 11.3 Å². The Bertz CT molecular complexity index is 968. The number of H-pyrrole nitrogens is 1. The van der Waals surface area contributed by atoms with Crippen LogP contribution in [0.5, 0.6) is 0 Å². The van der Waals surface area contributed by atoms with Crippen LogP contribution in [0.2, 0.25) is 0 Å². The number of benzene rings is 1. The highest BCUT2D eigenvalue weighted by atomic mass is 32.1. The van der Waals surface area contributed by atoms with Crippen LogP contribution in [-0.2, 0) is 16.0 Å². The number of hydrogen-bond donors (Lipinski definition) is 2. The highest BCUT2D eigenvalue weighted by Gasteiger charge is 2.36. The molecule has 7 heteroatoms. The van der Waals surface area contributed by atoms with Crippen LogP contribution in [0.3, 0.4) is 0 Å². The summed E-state index contributed by atoms with van der Waals surface area (Å²) < 4.78 is 0. The molecule has 0 bridgehead atoms. The lowest BCUT2D eigenvalue weighted by molar-refractivity contribution is -0.130. The van der Waals surface area contributed by atoms with Crippen LogP contribution in [0.15, 0.2) is 54.2 Å². The minimum atomic E-state index is -0.299. The lowest BCUT2D eigenvalue weighted by Crippen LogP contribution is -2.34. The molecule has 4 rings (SSSR count). The van der Waals surface area contributed by atoms with Crippen molar-refractivity contribution in [3.8, 4) is 10.6 Å². The van der Waals surface area contributed by atoms with Crippen molar-refractivity contribution in [2.24, 2.45) is 5.92 Å². The third-order valence-corrected chi connectivity index (χ3v) is 6.30. The normalized spacial score (nSPS) is 17.5. The lowest BCUT2D eigenvalue weighted by Gasteiger charge is -2.25. The molecule has 2 unspecified atom stereocenters. The van der Waals surface area contributed by atoms with Crippen LogP contribution in [0.4, 0.5) is 0 Å². The van der Waals surface area contributed by atoms with E-state index in [2.05, 4.69) is 15.3 Å². The van der Waals surface area contributed by atoms with E-state index in [4.69, 9.17) is 0 Å². The molecule has 1 aliphatic rings. The van der Waals surface area contributed by atoms with Crippen molar-refractivity contribution in [1.29, 1.82) is 0 Å². The van der Waals surface area contributed by atoms with Gasteiger partial charge in [0, 0.05) is 31.6 Å². The number of nitrogens with one attached hydrogen (secondary N) is 2. The minimum absolute atomic E-state index is 0.0279. The van der Waals surface area contributed by atoms with E-state index in [1.54, 1.807) is 17.7 Å². The predicted octanol–water partition coefficient (Wildman–Crippen LogP) is 3.41. The Morgan fingerprint density at radius 2 is 2.14 bits per heavy atom. The smallest absolute Gasteiger partial charge is 0.225 e. The number of carbonyl (C=O) groups is 2. The average molecular weight is 409 g/mol. The maximum atomic E-state index is 12.6. The maximum absolute atomic E-state index is 12.6. The van der Waals surface area contributed by atoms with Gasteiger partial charge in [-0.25, -0.2) is 4.98 Å². The van der Waals surface area contributed by atoms with Crippen LogP contribution in [0, 0.1) is 5.92 Å². The SMILES string of the molecule is CC(c1ccccc1)N1CC(C(=O)NCCc2[nH]cnc2-c2cccs2)CC1=O. The Labute approximate surface area is 174 Å². The monoisotopic (exact) mass is 408 g/mol. The first-order valence-electron chi connectivity index (χ1n) is 9.81. The second kappa shape index (κ2) is 8.61. The predicted molar refractivity (Wildman–Crippen MR) is 113 cm³/mol. The molecule has 2 aromatic heterocycles. The van der Waals surface area contributed by atoms with Gasteiger partial charge in [0.05, 0.1) is 23.2 Å². The number of hydrogen-bond acceptors (Lipinski definition) is 4. The summed E-state index contributed by atoms with van der Waals surface area (Å²) in [4.78, 5) is 35.6. The van der Waals surface area contributed by atoms with Crippen molar-refractivity contribution in [3.05, 3.63) is 65.4 Å². The van der Waals surface area contributed by atoms with Crippen molar-refractivity contribution in [3.63, 3.8) is 0 Å². The summed E-state index contributed by atoms with van der Waals surface area (Å²) in [5, 5.41) is 5.02. The van der Waals surface area contributed by atoms with Gasteiger partial charge < -0.3 is 15.2 Å². The van der Waals surface area contributed by atoms with Gasteiger partial charge >= 0.3 is 0 Å². The van der Waals surface area contributed by atoms with Crippen molar-refractivity contribution >= 4 is 23.2 Å². The standard InChI is InChI=1S/C22H24N4O2S/c1-15(16-6-3-2-4-7-16)26-13-17(12-20(26)27)22(28)23-10-9-18-21(25-14-24-18)19-8-5-11-29-19/h2-8,11,14-15,17H,9-10,12-13H2,1H3,(H,23,28)(H,24,25). The molecule has 2 atom stereocenters. The van der Waals surface area contributed by atoms with E-state index in [1.807, 2.05) is 59.7 Å². The molecule has 3 aromatic rings. The van der Waals surface area contributed by atoms with Crippen LogP contribution < -0.4 is 5.32 Å². The largest absolute Gasteiger partial charge is 0.355 e. The second-order valence-electron chi connectivity index (χ2n) is 7.28. The highest BCUT2D eigenvalue weighted by Crippen LogP contribution is 2.29. The number of imidazole rings is 1. The van der Waals surface area contributed by atoms with Gasteiger partial charge in [-0.15, -0.1) is 11.3 Å². The van der Waals surface area contributed by atoms with E-state index in [-0.39, 0.29) is 30.2 Å². The molecule has 1 aliphatic heterocycles. The summed E-state index contributed by atoms with van der Waals surface area (Å²) in [5.74, 6) is -0.319. The number of nitrogens with zero attached hydrogens (tertiary/aromatic N) is 2. The van der Waals surface area contributed by atoms with Crippen molar-refractivity contribution in [1.82, 2.24) is 20.2 Å². The zero-order chi connectivity index (χ0) is 20.2. The summed E-state index contributed by atoms with van der Waals surface area (Å²) in [6.45, 7) is 2.99. The Morgan fingerprint density at radius 3 is 2.90 bits per heavy atom. The molecule has 2 amide bonds. The summed E-state index contributed by atoms with van der Waals surface area (Å²) in [6.07, 6.45) is 2.63. The quantitative estimate of drug-likeness (QED) is 0.629. The first-order valence-corrected chi connectivity index (χ1v) is 10.7. The summed E-state index contributed by atoms with van der Waals surface area (Å²) in [6, 6.07) is 13.9. The summed E-state index contributed by atoms with van der Waals surface area (Å²) in [5.41, 5.74) is 3.03. The van der Waals surface area contributed by atoms with Gasteiger partial charge in [0.15, 0.2) is 0 Å². The van der Waals surface area contributed by atoms with Gasteiger partial charge in [-0.1, -0.05) is 36.4 Å². The van der Waals surface area contributed by atoms with Gasteiger partial charge in [-0.2, -0.15) is 0 Å². The Hall–Kier alpha value is -2.93. The Balaban J connectivity index is 1.31. The minimum Gasteiger partial charge on any atom is -0.355 e. The molecule has 1 fully saturated rings. The molecule has 0 saturated carbocycles. The zero-order valence-corrected chi connectivity index (χ0v) is 17.1.